The summed E-state index contributed by atoms with van der Waals surface area (Å²) in [7, 11) is -3.76. The molecule has 0 bridgehead atoms. The van der Waals surface area contributed by atoms with Gasteiger partial charge in [-0.3, -0.25) is 9.71 Å². The Morgan fingerprint density at radius 1 is 0.844 bits per heavy atom. The minimum Gasteiger partial charge on any atom is -0.280 e. The van der Waals surface area contributed by atoms with Crippen molar-refractivity contribution in [2.24, 2.45) is 0 Å². The molecule has 3 aromatic heterocycles. The Bertz CT molecular complexity index is 1520. The number of hydrogen-bond donors (Lipinski definition) is 1. The number of sulfonamides is 1. The summed E-state index contributed by atoms with van der Waals surface area (Å²) in [6.07, 6.45) is 1.68. The molecule has 3 heterocycles. The van der Waals surface area contributed by atoms with Crippen LogP contribution in [0.3, 0.4) is 0 Å². The first-order valence-corrected chi connectivity index (χ1v) is 11.4. The van der Waals surface area contributed by atoms with E-state index in [1.54, 1.807) is 41.0 Å². The van der Waals surface area contributed by atoms with E-state index >= 15 is 0 Å². The SMILES string of the molecule is O=S(=O)(Nc1cccc(-c2ccc3nnc(-c4ccccn4)n3n2)c1)c1ccc(Cl)cc1. The molecule has 0 amide bonds. The van der Waals surface area contributed by atoms with Crippen molar-refractivity contribution in [3.63, 3.8) is 0 Å². The molecule has 0 saturated carbocycles. The molecule has 0 saturated heterocycles. The van der Waals surface area contributed by atoms with Gasteiger partial charge < -0.3 is 0 Å². The van der Waals surface area contributed by atoms with Gasteiger partial charge in [-0.25, -0.2) is 8.42 Å². The molecule has 0 atom stereocenters. The lowest BCUT2D eigenvalue weighted by atomic mass is 10.1. The third-order valence-corrected chi connectivity index (χ3v) is 6.34. The van der Waals surface area contributed by atoms with E-state index in [4.69, 9.17) is 11.6 Å². The fraction of sp³-hybridized carbons (Fsp3) is 0. The molecule has 5 rings (SSSR count). The number of benzene rings is 2. The molecule has 32 heavy (non-hydrogen) atoms. The van der Waals surface area contributed by atoms with E-state index in [-0.39, 0.29) is 4.90 Å². The van der Waals surface area contributed by atoms with Gasteiger partial charge in [-0.15, -0.1) is 10.2 Å². The van der Waals surface area contributed by atoms with Gasteiger partial charge >= 0.3 is 0 Å². The molecule has 0 unspecified atom stereocenters. The lowest BCUT2D eigenvalue weighted by molar-refractivity contribution is 0.601. The van der Waals surface area contributed by atoms with E-state index in [0.717, 1.165) is 5.56 Å². The highest BCUT2D eigenvalue weighted by Gasteiger charge is 2.15. The number of hydrogen-bond acceptors (Lipinski definition) is 6. The molecule has 2 aromatic carbocycles. The van der Waals surface area contributed by atoms with Crippen molar-refractivity contribution in [1.82, 2.24) is 24.8 Å². The van der Waals surface area contributed by atoms with Crippen LogP contribution in [0.25, 0.3) is 28.4 Å². The quantitative estimate of drug-likeness (QED) is 0.417. The fourth-order valence-corrected chi connectivity index (χ4v) is 4.34. The van der Waals surface area contributed by atoms with Gasteiger partial charge in [0.1, 0.15) is 5.69 Å². The molecule has 0 aliphatic heterocycles. The van der Waals surface area contributed by atoms with Crippen LogP contribution < -0.4 is 4.72 Å². The smallest absolute Gasteiger partial charge is 0.261 e. The van der Waals surface area contributed by atoms with Crippen molar-refractivity contribution >= 4 is 33.0 Å². The Morgan fingerprint density at radius 2 is 1.69 bits per heavy atom. The van der Waals surface area contributed by atoms with Crippen LogP contribution in [0.2, 0.25) is 5.02 Å². The van der Waals surface area contributed by atoms with Crippen molar-refractivity contribution in [3.05, 3.63) is 90.1 Å². The van der Waals surface area contributed by atoms with Crippen molar-refractivity contribution < 1.29 is 8.42 Å². The first-order valence-electron chi connectivity index (χ1n) is 9.52. The largest absolute Gasteiger partial charge is 0.280 e. The van der Waals surface area contributed by atoms with E-state index in [1.807, 2.05) is 24.3 Å². The Hall–Kier alpha value is -3.82. The number of rotatable bonds is 5. The monoisotopic (exact) mass is 462 g/mol. The van der Waals surface area contributed by atoms with Gasteiger partial charge in [-0.2, -0.15) is 9.61 Å². The average molecular weight is 463 g/mol. The van der Waals surface area contributed by atoms with Gasteiger partial charge in [0, 0.05) is 22.5 Å². The minimum absolute atomic E-state index is 0.122. The highest BCUT2D eigenvalue weighted by Crippen LogP contribution is 2.25. The van der Waals surface area contributed by atoms with Crippen LogP contribution in [-0.4, -0.2) is 33.2 Å². The van der Waals surface area contributed by atoms with Crippen molar-refractivity contribution in [1.29, 1.82) is 0 Å². The Balaban J connectivity index is 1.50. The summed E-state index contributed by atoms with van der Waals surface area (Å²) in [6, 6.07) is 22.1. The van der Waals surface area contributed by atoms with Crippen LogP contribution in [0.5, 0.6) is 0 Å². The lowest BCUT2D eigenvalue weighted by Crippen LogP contribution is -2.12. The van der Waals surface area contributed by atoms with Gasteiger partial charge in [0.25, 0.3) is 10.0 Å². The summed E-state index contributed by atoms with van der Waals surface area (Å²) in [4.78, 5) is 4.44. The minimum atomic E-state index is -3.76. The molecule has 10 heteroatoms. The molecular formula is C22H15ClN6O2S. The second-order valence-corrected chi connectivity index (χ2v) is 8.99. The van der Waals surface area contributed by atoms with Gasteiger partial charge in [0.05, 0.1) is 10.6 Å². The second-order valence-electron chi connectivity index (χ2n) is 6.87. The number of nitrogens with zero attached hydrogens (tertiary/aromatic N) is 5. The van der Waals surface area contributed by atoms with Crippen LogP contribution in [0, 0.1) is 0 Å². The van der Waals surface area contributed by atoms with Crippen LogP contribution >= 0.6 is 11.6 Å². The summed E-state index contributed by atoms with van der Waals surface area (Å²) in [6.45, 7) is 0. The average Bonchev–Trinajstić information content (AvgIpc) is 3.23. The fourth-order valence-electron chi connectivity index (χ4n) is 3.17. The Labute approximate surface area is 188 Å². The van der Waals surface area contributed by atoms with Crippen LogP contribution in [0.4, 0.5) is 5.69 Å². The Kier molecular flexibility index (Phi) is 5.04. The molecule has 0 radical (unpaired) electrons. The van der Waals surface area contributed by atoms with Gasteiger partial charge in [0.2, 0.25) is 5.82 Å². The molecule has 0 aliphatic rings. The summed E-state index contributed by atoms with van der Waals surface area (Å²) in [5, 5.41) is 13.4. The highest BCUT2D eigenvalue weighted by molar-refractivity contribution is 7.92. The van der Waals surface area contributed by atoms with Crippen LogP contribution in [0.15, 0.2) is 90.0 Å². The van der Waals surface area contributed by atoms with Crippen LogP contribution in [0.1, 0.15) is 0 Å². The molecule has 8 nitrogen and oxygen atoms in total. The maximum absolute atomic E-state index is 12.7. The number of pyridine rings is 1. The second kappa shape index (κ2) is 8.03. The normalized spacial score (nSPS) is 11.5. The Morgan fingerprint density at radius 3 is 2.47 bits per heavy atom. The third kappa shape index (κ3) is 3.91. The van der Waals surface area contributed by atoms with Crippen LogP contribution in [-0.2, 0) is 10.0 Å². The van der Waals surface area contributed by atoms with E-state index in [1.165, 1.54) is 24.3 Å². The number of anilines is 1. The standard InChI is InChI=1S/C22H15ClN6O2S/c23-16-7-9-18(10-8-16)32(30,31)28-17-5-3-4-15(14-17)19-11-12-21-25-26-22(29(21)27-19)20-6-1-2-13-24-20/h1-14,28H. The first-order chi connectivity index (χ1) is 15.5. The maximum atomic E-state index is 12.7. The number of fused-ring (bicyclic) bond motifs is 1. The lowest BCUT2D eigenvalue weighted by Gasteiger charge is -2.10. The van der Waals surface area contributed by atoms with Crippen molar-refractivity contribution in [3.8, 4) is 22.8 Å². The number of aromatic nitrogens is 5. The molecule has 158 valence electrons. The molecular weight excluding hydrogens is 448 g/mol. The maximum Gasteiger partial charge on any atom is 0.261 e. The molecule has 1 N–H and O–H groups in total. The molecule has 0 aliphatic carbocycles. The number of halogens is 1. The predicted molar refractivity (Wildman–Crippen MR) is 122 cm³/mol. The molecule has 5 aromatic rings. The number of nitrogens with one attached hydrogen (secondary N) is 1. The van der Waals surface area contributed by atoms with Gasteiger partial charge in [0.15, 0.2) is 5.65 Å². The zero-order chi connectivity index (χ0) is 22.1. The zero-order valence-electron chi connectivity index (χ0n) is 16.4. The molecule has 0 spiro atoms. The summed E-state index contributed by atoms with van der Waals surface area (Å²) < 4.78 is 29.6. The topological polar surface area (TPSA) is 102 Å². The zero-order valence-corrected chi connectivity index (χ0v) is 18.0. The summed E-state index contributed by atoms with van der Waals surface area (Å²) in [5.41, 5.74) is 2.99. The van der Waals surface area contributed by atoms with E-state index in [0.29, 0.717) is 33.6 Å². The summed E-state index contributed by atoms with van der Waals surface area (Å²) >= 11 is 5.86. The van der Waals surface area contributed by atoms with Crippen molar-refractivity contribution in [2.45, 2.75) is 4.90 Å². The van der Waals surface area contributed by atoms with Crippen molar-refractivity contribution in [2.75, 3.05) is 4.72 Å². The predicted octanol–water partition coefficient (Wildman–Crippen LogP) is 4.31. The van der Waals surface area contributed by atoms with E-state index in [2.05, 4.69) is 25.0 Å². The van der Waals surface area contributed by atoms with Gasteiger partial charge in [-0.05, 0) is 60.7 Å². The summed E-state index contributed by atoms with van der Waals surface area (Å²) in [5.74, 6) is 0.516. The van der Waals surface area contributed by atoms with Gasteiger partial charge in [-0.1, -0.05) is 29.8 Å². The van der Waals surface area contributed by atoms with E-state index < -0.39 is 10.0 Å². The van der Waals surface area contributed by atoms with E-state index in [9.17, 15) is 8.42 Å². The highest BCUT2D eigenvalue weighted by atomic mass is 35.5. The first kappa shape index (κ1) is 20.1. The molecule has 0 fully saturated rings. The third-order valence-electron chi connectivity index (χ3n) is 4.69.